The normalized spacial score (nSPS) is 10.4. The van der Waals surface area contributed by atoms with Crippen molar-refractivity contribution in [2.75, 3.05) is 7.11 Å². The van der Waals surface area contributed by atoms with E-state index in [-0.39, 0.29) is 17.1 Å². The van der Waals surface area contributed by atoms with Crippen molar-refractivity contribution in [3.8, 4) is 28.7 Å². The monoisotopic (exact) mass is 380 g/mol. The van der Waals surface area contributed by atoms with Crippen LogP contribution in [0.2, 0.25) is 0 Å². The predicted molar refractivity (Wildman–Crippen MR) is 105 cm³/mol. The van der Waals surface area contributed by atoms with Crippen LogP contribution in [0.25, 0.3) is 11.1 Å². The molecule has 0 aromatic heterocycles. The summed E-state index contributed by atoms with van der Waals surface area (Å²) in [4.78, 5) is 0. The van der Waals surface area contributed by atoms with Crippen molar-refractivity contribution < 1.29 is 17.9 Å². The molecule has 4 heteroatoms. The molecule has 0 saturated heterocycles. The first-order valence-electron chi connectivity index (χ1n) is 8.88. The lowest BCUT2D eigenvalue weighted by atomic mass is 9.98. The van der Waals surface area contributed by atoms with Gasteiger partial charge in [0.15, 0.2) is 11.6 Å². The van der Waals surface area contributed by atoms with E-state index in [1.54, 1.807) is 43.3 Å². The van der Waals surface area contributed by atoms with Crippen LogP contribution in [0.3, 0.4) is 0 Å². The first-order valence-corrected chi connectivity index (χ1v) is 8.88. The molecular formula is C24H19F3O. The maximum absolute atomic E-state index is 14.4. The van der Waals surface area contributed by atoms with E-state index in [0.717, 1.165) is 0 Å². The minimum atomic E-state index is -1.01. The minimum Gasteiger partial charge on any atom is -0.494 e. The Morgan fingerprint density at radius 2 is 1.50 bits per heavy atom. The molecule has 3 aromatic rings. The average molecular weight is 380 g/mol. The Morgan fingerprint density at radius 1 is 0.857 bits per heavy atom. The van der Waals surface area contributed by atoms with Crippen LogP contribution >= 0.6 is 0 Å². The van der Waals surface area contributed by atoms with Crippen molar-refractivity contribution in [3.05, 3.63) is 88.2 Å². The standard InChI is InChI=1S/C24H19F3O/c1-4-18-10-9-17(14-20(18)25)6-5-16-7-11-19(12-8-16)22-15(2)13-21(28-3)23(26)24(22)27/h7-14H,4H2,1-3H3. The van der Waals surface area contributed by atoms with Gasteiger partial charge in [-0.1, -0.05) is 37.0 Å². The summed E-state index contributed by atoms with van der Waals surface area (Å²) in [6.45, 7) is 3.59. The highest BCUT2D eigenvalue weighted by molar-refractivity contribution is 5.70. The highest BCUT2D eigenvalue weighted by Crippen LogP contribution is 2.33. The van der Waals surface area contributed by atoms with E-state index in [4.69, 9.17) is 4.74 Å². The predicted octanol–water partition coefficient (Wildman–Crippen LogP) is 6.05. The lowest BCUT2D eigenvalue weighted by Crippen LogP contribution is -1.98. The van der Waals surface area contributed by atoms with Crippen LogP contribution in [-0.2, 0) is 6.42 Å². The molecule has 0 atom stereocenters. The summed E-state index contributed by atoms with van der Waals surface area (Å²) in [7, 11) is 1.30. The molecule has 0 fully saturated rings. The van der Waals surface area contributed by atoms with Crippen molar-refractivity contribution in [1.29, 1.82) is 0 Å². The van der Waals surface area contributed by atoms with Gasteiger partial charge in [0.25, 0.3) is 0 Å². The summed E-state index contributed by atoms with van der Waals surface area (Å²) < 4.78 is 47.2. The van der Waals surface area contributed by atoms with E-state index in [2.05, 4.69) is 11.8 Å². The van der Waals surface area contributed by atoms with Crippen LogP contribution in [0.5, 0.6) is 5.75 Å². The topological polar surface area (TPSA) is 9.23 Å². The van der Waals surface area contributed by atoms with E-state index in [1.165, 1.54) is 19.2 Å². The number of hydrogen-bond acceptors (Lipinski definition) is 1. The maximum atomic E-state index is 14.4. The molecule has 0 bridgehead atoms. The smallest absolute Gasteiger partial charge is 0.201 e. The largest absolute Gasteiger partial charge is 0.494 e. The van der Waals surface area contributed by atoms with Gasteiger partial charge in [-0.2, -0.15) is 4.39 Å². The second kappa shape index (κ2) is 8.22. The third-order valence-electron chi connectivity index (χ3n) is 4.55. The molecule has 1 nitrogen and oxygen atoms in total. The number of ether oxygens (including phenoxy) is 1. The Kier molecular flexibility index (Phi) is 5.75. The molecule has 0 saturated carbocycles. The first-order chi connectivity index (χ1) is 13.4. The van der Waals surface area contributed by atoms with Gasteiger partial charge in [-0.3, -0.25) is 0 Å². The molecule has 0 amide bonds. The molecule has 142 valence electrons. The van der Waals surface area contributed by atoms with Crippen molar-refractivity contribution >= 4 is 0 Å². The molecule has 0 heterocycles. The van der Waals surface area contributed by atoms with Gasteiger partial charge < -0.3 is 4.74 Å². The molecule has 0 N–H and O–H groups in total. The third-order valence-corrected chi connectivity index (χ3v) is 4.55. The van der Waals surface area contributed by atoms with Gasteiger partial charge in [0.05, 0.1) is 7.11 Å². The van der Waals surface area contributed by atoms with Gasteiger partial charge in [0, 0.05) is 16.7 Å². The summed E-state index contributed by atoms with van der Waals surface area (Å²) in [6.07, 6.45) is 0.628. The molecule has 0 aliphatic heterocycles. The Hall–Kier alpha value is -3.19. The number of methoxy groups -OCH3 is 1. The van der Waals surface area contributed by atoms with E-state index in [9.17, 15) is 13.2 Å². The van der Waals surface area contributed by atoms with Gasteiger partial charge >= 0.3 is 0 Å². The lowest BCUT2D eigenvalue weighted by Gasteiger charge is -2.11. The van der Waals surface area contributed by atoms with E-state index >= 15 is 0 Å². The zero-order chi connectivity index (χ0) is 20.3. The molecule has 0 spiro atoms. The highest BCUT2D eigenvalue weighted by Gasteiger charge is 2.18. The van der Waals surface area contributed by atoms with Crippen LogP contribution in [0.1, 0.15) is 29.2 Å². The fraction of sp³-hybridized carbons (Fsp3) is 0.167. The van der Waals surface area contributed by atoms with Crippen LogP contribution in [0, 0.1) is 36.2 Å². The number of rotatable bonds is 3. The van der Waals surface area contributed by atoms with E-state index in [0.29, 0.717) is 34.2 Å². The minimum absolute atomic E-state index is 0.123. The van der Waals surface area contributed by atoms with Crippen LogP contribution in [0.4, 0.5) is 13.2 Å². The van der Waals surface area contributed by atoms with Gasteiger partial charge in [-0.25, -0.2) is 8.78 Å². The molecule has 0 radical (unpaired) electrons. The Labute approximate surface area is 162 Å². The Balaban J connectivity index is 1.90. The van der Waals surface area contributed by atoms with E-state index < -0.39 is 11.6 Å². The average Bonchev–Trinajstić information content (AvgIpc) is 2.70. The van der Waals surface area contributed by atoms with Crippen LogP contribution < -0.4 is 4.74 Å². The van der Waals surface area contributed by atoms with E-state index in [1.807, 2.05) is 6.92 Å². The second-order valence-electron chi connectivity index (χ2n) is 6.39. The third kappa shape index (κ3) is 3.89. The van der Waals surface area contributed by atoms with Crippen LogP contribution in [0.15, 0.2) is 48.5 Å². The molecular weight excluding hydrogens is 361 g/mol. The zero-order valence-corrected chi connectivity index (χ0v) is 15.9. The van der Waals surface area contributed by atoms with Gasteiger partial charge in [-0.05, 0) is 60.4 Å². The van der Waals surface area contributed by atoms with Gasteiger partial charge in [0.1, 0.15) is 5.82 Å². The summed E-state index contributed by atoms with van der Waals surface area (Å²) in [6, 6.07) is 13.2. The molecule has 3 rings (SSSR count). The van der Waals surface area contributed by atoms with Crippen molar-refractivity contribution in [2.24, 2.45) is 0 Å². The zero-order valence-electron chi connectivity index (χ0n) is 15.9. The lowest BCUT2D eigenvalue weighted by molar-refractivity contribution is 0.372. The molecule has 28 heavy (non-hydrogen) atoms. The molecule has 0 aliphatic rings. The fourth-order valence-corrected chi connectivity index (χ4v) is 3.00. The fourth-order valence-electron chi connectivity index (χ4n) is 3.00. The quantitative estimate of drug-likeness (QED) is 0.503. The summed E-state index contributed by atoms with van der Waals surface area (Å²) in [5.41, 5.74) is 3.23. The van der Waals surface area contributed by atoms with Gasteiger partial charge in [-0.15, -0.1) is 0 Å². The second-order valence-corrected chi connectivity index (χ2v) is 6.39. The van der Waals surface area contributed by atoms with Crippen molar-refractivity contribution in [1.82, 2.24) is 0 Å². The summed E-state index contributed by atoms with van der Waals surface area (Å²) in [5.74, 6) is 3.54. The van der Waals surface area contributed by atoms with Crippen LogP contribution in [-0.4, -0.2) is 7.11 Å². The SMILES string of the molecule is CCc1ccc(C#Cc2ccc(-c3c(C)cc(OC)c(F)c3F)cc2)cc1F. The van der Waals surface area contributed by atoms with Gasteiger partial charge in [0.2, 0.25) is 5.82 Å². The number of aryl methyl sites for hydroxylation is 2. The summed E-state index contributed by atoms with van der Waals surface area (Å²) >= 11 is 0. The Morgan fingerprint density at radius 3 is 2.11 bits per heavy atom. The number of halogens is 3. The highest BCUT2D eigenvalue weighted by atomic mass is 19.2. The molecule has 0 unspecified atom stereocenters. The number of hydrogen-bond donors (Lipinski definition) is 0. The molecule has 0 aliphatic carbocycles. The Bertz CT molecular complexity index is 1070. The van der Waals surface area contributed by atoms with Crippen molar-refractivity contribution in [3.63, 3.8) is 0 Å². The molecule has 3 aromatic carbocycles. The maximum Gasteiger partial charge on any atom is 0.201 e. The summed E-state index contributed by atoms with van der Waals surface area (Å²) in [5, 5.41) is 0. The number of benzene rings is 3. The first kappa shape index (κ1) is 19.6. The van der Waals surface area contributed by atoms with Crippen molar-refractivity contribution in [2.45, 2.75) is 20.3 Å².